The van der Waals surface area contributed by atoms with E-state index in [4.69, 9.17) is 5.10 Å². The lowest BCUT2D eigenvalue weighted by Gasteiger charge is -2.10. The zero-order valence-corrected chi connectivity index (χ0v) is 16.1. The van der Waals surface area contributed by atoms with Crippen molar-refractivity contribution >= 4 is 5.69 Å². The third-order valence-electron chi connectivity index (χ3n) is 4.77. The van der Waals surface area contributed by atoms with E-state index in [0.29, 0.717) is 5.82 Å². The summed E-state index contributed by atoms with van der Waals surface area (Å²) in [7, 11) is 0. The van der Waals surface area contributed by atoms with Crippen molar-refractivity contribution in [2.75, 3.05) is 5.32 Å². The first-order valence-electron chi connectivity index (χ1n) is 9.49. The van der Waals surface area contributed by atoms with Gasteiger partial charge in [0.25, 0.3) is 0 Å². The predicted octanol–water partition coefficient (Wildman–Crippen LogP) is 4.81. The fraction of sp³-hybridized carbons (Fsp3) is 0.174. The van der Waals surface area contributed by atoms with Gasteiger partial charge in [0.1, 0.15) is 5.82 Å². The second kappa shape index (κ2) is 8.05. The lowest BCUT2D eigenvalue weighted by molar-refractivity contribution is 0.802. The lowest BCUT2D eigenvalue weighted by atomic mass is 10.1. The number of hydrogen-bond donors (Lipinski definition) is 1. The van der Waals surface area contributed by atoms with Crippen LogP contribution in [0.4, 0.5) is 5.69 Å². The van der Waals surface area contributed by atoms with Crippen LogP contribution < -0.4 is 5.32 Å². The Kier molecular flexibility index (Phi) is 5.15. The highest BCUT2D eigenvalue weighted by molar-refractivity contribution is 5.54. The number of anilines is 1. The van der Waals surface area contributed by atoms with E-state index in [0.717, 1.165) is 35.7 Å². The van der Waals surface area contributed by atoms with Gasteiger partial charge in [-0.05, 0) is 54.4 Å². The van der Waals surface area contributed by atoms with E-state index in [2.05, 4.69) is 77.7 Å². The van der Waals surface area contributed by atoms with Gasteiger partial charge in [-0.15, -0.1) is 5.10 Å². The Morgan fingerprint density at radius 3 is 2.50 bits per heavy atom. The largest absolute Gasteiger partial charge is 0.381 e. The highest BCUT2D eigenvalue weighted by atomic mass is 15.3. The molecule has 140 valence electrons. The summed E-state index contributed by atoms with van der Waals surface area (Å²) in [5.74, 6) is 1.63. The van der Waals surface area contributed by atoms with Crippen LogP contribution in [0.15, 0.2) is 73.1 Å². The van der Waals surface area contributed by atoms with E-state index in [1.807, 2.05) is 16.8 Å². The first kappa shape index (κ1) is 17.9. The maximum atomic E-state index is 4.70. The Labute approximate surface area is 165 Å². The molecule has 2 aromatic heterocycles. The topological polar surface area (TPSA) is 55.6 Å². The molecule has 0 saturated carbocycles. The molecule has 0 amide bonds. The summed E-state index contributed by atoms with van der Waals surface area (Å²) in [4.78, 5) is 8.84. The fourth-order valence-electron chi connectivity index (χ4n) is 3.12. The molecule has 2 aromatic carbocycles. The molecule has 0 spiro atoms. The molecule has 0 aliphatic rings. The minimum atomic E-state index is 0.701. The van der Waals surface area contributed by atoms with Crippen molar-refractivity contribution in [3.63, 3.8) is 0 Å². The Hall–Kier alpha value is -3.47. The third-order valence-corrected chi connectivity index (χ3v) is 4.77. The second-order valence-electron chi connectivity index (χ2n) is 6.69. The molecular formula is C23H23N5. The van der Waals surface area contributed by atoms with Gasteiger partial charge in [0.15, 0.2) is 5.82 Å². The van der Waals surface area contributed by atoms with Gasteiger partial charge >= 0.3 is 0 Å². The number of rotatable bonds is 6. The summed E-state index contributed by atoms with van der Waals surface area (Å²) >= 11 is 0. The Bertz CT molecular complexity index is 1050. The molecule has 0 atom stereocenters. The molecule has 4 rings (SSSR count). The highest BCUT2D eigenvalue weighted by Crippen LogP contribution is 2.20. The van der Waals surface area contributed by atoms with E-state index >= 15 is 0 Å². The minimum absolute atomic E-state index is 0.701. The fourth-order valence-corrected chi connectivity index (χ4v) is 3.12. The summed E-state index contributed by atoms with van der Waals surface area (Å²) < 4.78 is 1.91. The molecule has 0 fully saturated rings. The maximum absolute atomic E-state index is 4.70. The molecular weight excluding hydrogens is 346 g/mol. The standard InChI is InChI=1S/C23H23N5/c1-3-22-26-23(19-9-6-14-24-15-19)27-28(22)21-12-10-20(11-13-21)25-16-18-8-5-4-7-17(18)2/h4-15,25H,3,16H2,1-2H3. The average Bonchev–Trinajstić information content (AvgIpc) is 3.19. The molecule has 1 N–H and O–H groups in total. The van der Waals surface area contributed by atoms with Gasteiger partial charge in [0, 0.05) is 36.6 Å². The number of benzene rings is 2. The van der Waals surface area contributed by atoms with Crippen molar-refractivity contribution in [3.05, 3.63) is 90.0 Å². The van der Waals surface area contributed by atoms with Crippen LogP contribution in [0.5, 0.6) is 0 Å². The quantitative estimate of drug-likeness (QED) is 0.530. The molecule has 0 saturated heterocycles. The number of hydrogen-bond acceptors (Lipinski definition) is 4. The Morgan fingerprint density at radius 1 is 0.964 bits per heavy atom. The molecule has 5 nitrogen and oxygen atoms in total. The van der Waals surface area contributed by atoms with E-state index < -0.39 is 0 Å². The predicted molar refractivity (Wildman–Crippen MR) is 112 cm³/mol. The SMILES string of the molecule is CCc1nc(-c2cccnc2)nn1-c1ccc(NCc2ccccc2C)cc1. The number of aromatic nitrogens is 4. The normalized spacial score (nSPS) is 10.8. The van der Waals surface area contributed by atoms with E-state index in [1.54, 1.807) is 12.4 Å². The van der Waals surface area contributed by atoms with Crippen molar-refractivity contribution in [1.82, 2.24) is 19.7 Å². The Balaban J connectivity index is 1.54. The summed E-state index contributed by atoms with van der Waals surface area (Å²) in [5, 5.41) is 8.19. The van der Waals surface area contributed by atoms with Gasteiger partial charge in [-0.25, -0.2) is 9.67 Å². The number of nitrogens with zero attached hydrogens (tertiary/aromatic N) is 4. The zero-order valence-electron chi connectivity index (χ0n) is 16.1. The number of nitrogens with one attached hydrogen (secondary N) is 1. The molecule has 2 heterocycles. The van der Waals surface area contributed by atoms with Gasteiger partial charge < -0.3 is 5.32 Å². The van der Waals surface area contributed by atoms with Gasteiger partial charge in [-0.1, -0.05) is 31.2 Å². The smallest absolute Gasteiger partial charge is 0.183 e. The monoisotopic (exact) mass is 369 g/mol. The molecule has 0 aliphatic heterocycles. The van der Waals surface area contributed by atoms with Crippen molar-refractivity contribution in [1.29, 1.82) is 0 Å². The maximum Gasteiger partial charge on any atom is 0.183 e. The van der Waals surface area contributed by atoms with E-state index in [-0.39, 0.29) is 0 Å². The summed E-state index contributed by atoms with van der Waals surface area (Å²) in [6.07, 6.45) is 4.35. The van der Waals surface area contributed by atoms with Crippen molar-refractivity contribution < 1.29 is 0 Å². The molecule has 0 radical (unpaired) electrons. The second-order valence-corrected chi connectivity index (χ2v) is 6.69. The van der Waals surface area contributed by atoms with Crippen molar-refractivity contribution in [2.45, 2.75) is 26.8 Å². The lowest BCUT2D eigenvalue weighted by Crippen LogP contribution is -2.04. The van der Waals surface area contributed by atoms with Gasteiger partial charge in [0.05, 0.1) is 5.69 Å². The third kappa shape index (κ3) is 3.78. The summed E-state index contributed by atoms with van der Waals surface area (Å²) in [6, 6.07) is 20.6. The van der Waals surface area contributed by atoms with Crippen LogP contribution >= 0.6 is 0 Å². The molecule has 28 heavy (non-hydrogen) atoms. The van der Waals surface area contributed by atoms with Crippen molar-refractivity contribution in [2.24, 2.45) is 0 Å². The Morgan fingerprint density at radius 2 is 1.79 bits per heavy atom. The van der Waals surface area contributed by atoms with Crippen molar-refractivity contribution in [3.8, 4) is 17.1 Å². The van der Waals surface area contributed by atoms with E-state index in [1.165, 1.54) is 11.1 Å². The van der Waals surface area contributed by atoms with Gasteiger partial charge in [-0.3, -0.25) is 4.98 Å². The van der Waals surface area contributed by atoms with Crippen LogP contribution in [-0.2, 0) is 13.0 Å². The molecule has 0 aliphatic carbocycles. The summed E-state index contributed by atoms with van der Waals surface area (Å²) in [6.45, 7) is 5.03. The number of aryl methyl sites for hydroxylation is 2. The minimum Gasteiger partial charge on any atom is -0.381 e. The summed E-state index contributed by atoms with van der Waals surface area (Å²) in [5.41, 5.74) is 5.60. The highest BCUT2D eigenvalue weighted by Gasteiger charge is 2.12. The van der Waals surface area contributed by atoms with Gasteiger partial charge in [0.2, 0.25) is 0 Å². The van der Waals surface area contributed by atoms with Crippen LogP contribution in [0.2, 0.25) is 0 Å². The average molecular weight is 369 g/mol. The number of pyridine rings is 1. The molecule has 4 aromatic rings. The zero-order chi connectivity index (χ0) is 19.3. The molecule has 0 unspecified atom stereocenters. The van der Waals surface area contributed by atoms with Crippen LogP contribution in [-0.4, -0.2) is 19.7 Å². The van der Waals surface area contributed by atoms with E-state index in [9.17, 15) is 0 Å². The van der Waals surface area contributed by atoms with Crippen LogP contribution in [0, 0.1) is 6.92 Å². The first-order chi connectivity index (χ1) is 13.7. The van der Waals surface area contributed by atoms with Crippen LogP contribution in [0.25, 0.3) is 17.1 Å². The first-order valence-corrected chi connectivity index (χ1v) is 9.49. The molecule has 0 bridgehead atoms. The molecule has 5 heteroatoms. The van der Waals surface area contributed by atoms with Crippen LogP contribution in [0.3, 0.4) is 0 Å². The van der Waals surface area contributed by atoms with Crippen LogP contribution in [0.1, 0.15) is 23.9 Å². The van der Waals surface area contributed by atoms with Gasteiger partial charge in [-0.2, -0.15) is 0 Å².